The largest absolute Gasteiger partial charge is 0.278 e. The molecule has 4 aromatic heterocycles. The minimum Gasteiger partial charge on any atom is -0.278 e. The van der Waals surface area contributed by atoms with Crippen molar-refractivity contribution >= 4 is 21.8 Å². The van der Waals surface area contributed by atoms with Gasteiger partial charge in [-0.1, -0.05) is 109 Å². The van der Waals surface area contributed by atoms with E-state index < -0.39 is 0 Å². The average molecular weight is 629 g/mol. The molecule has 0 amide bonds. The zero-order chi connectivity index (χ0) is 32.6. The first-order valence-electron chi connectivity index (χ1n) is 16.2. The van der Waals surface area contributed by atoms with Crippen LogP contribution >= 0.6 is 0 Å². The van der Waals surface area contributed by atoms with Gasteiger partial charge in [-0.3, -0.25) is 9.55 Å². The number of benzene rings is 5. The molecule has 0 fully saturated rings. The van der Waals surface area contributed by atoms with E-state index in [-0.39, 0.29) is 0 Å². The van der Waals surface area contributed by atoms with Crippen molar-refractivity contribution in [2.75, 3.05) is 0 Å². The summed E-state index contributed by atoms with van der Waals surface area (Å²) in [6, 6.07) is 52.0. The van der Waals surface area contributed by atoms with E-state index in [1.807, 2.05) is 79.1 Å². The number of hydrogen-bond acceptors (Lipinski definition) is 5. The normalized spacial score (nSPS) is 11.3. The summed E-state index contributed by atoms with van der Waals surface area (Å²) in [5, 5.41) is 2.29. The molecule has 0 radical (unpaired) electrons. The summed E-state index contributed by atoms with van der Waals surface area (Å²) in [7, 11) is 0. The van der Waals surface area contributed by atoms with Gasteiger partial charge in [0.25, 0.3) is 0 Å². The molecule has 0 N–H and O–H groups in total. The third-order valence-corrected chi connectivity index (χ3v) is 8.80. The van der Waals surface area contributed by atoms with E-state index >= 15 is 0 Å². The smallest absolute Gasteiger partial charge is 0.234 e. The van der Waals surface area contributed by atoms with E-state index in [1.165, 1.54) is 11.1 Å². The molecule has 9 aromatic rings. The molecular formula is C43H28N6. The Morgan fingerprint density at radius 2 is 0.898 bits per heavy atom. The Bertz CT molecular complexity index is 2410. The van der Waals surface area contributed by atoms with Crippen molar-refractivity contribution in [3.63, 3.8) is 0 Å². The average Bonchev–Trinajstić information content (AvgIpc) is 3.52. The summed E-state index contributed by atoms with van der Waals surface area (Å²) >= 11 is 0. The molecule has 6 heteroatoms. The number of nitrogens with zero attached hydrogens (tertiary/aromatic N) is 6. The van der Waals surface area contributed by atoms with Crippen LogP contribution in [0.4, 0.5) is 0 Å². The lowest BCUT2D eigenvalue weighted by Crippen LogP contribution is -2.02. The van der Waals surface area contributed by atoms with Crippen LogP contribution in [-0.4, -0.2) is 29.5 Å². The maximum Gasteiger partial charge on any atom is 0.234 e. The summed E-state index contributed by atoms with van der Waals surface area (Å²) in [6.07, 6.45) is 5.46. The molecule has 49 heavy (non-hydrogen) atoms. The number of aromatic nitrogens is 6. The van der Waals surface area contributed by atoms with Crippen molar-refractivity contribution in [2.45, 2.75) is 0 Å². The van der Waals surface area contributed by atoms with E-state index in [2.05, 4.69) is 94.5 Å². The van der Waals surface area contributed by atoms with Crippen molar-refractivity contribution in [1.82, 2.24) is 29.5 Å². The van der Waals surface area contributed by atoms with Gasteiger partial charge in [0, 0.05) is 40.5 Å². The predicted octanol–water partition coefficient (Wildman–Crippen LogP) is 10.1. The Balaban J connectivity index is 1.19. The van der Waals surface area contributed by atoms with Crippen LogP contribution in [0.1, 0.15) is 0 Å². The van der Waals surface area contributed by atoms with Crippen LogP contribution in [0.25, 0.3) is 84.0 Å². The Morgan fingerprint density at radius 3 is 1.45 bits per heavy atom. The highest BCUT2D eigenvalue weighted by molar-refractivity contribution is 6.11. The van der Waals surface area contributed by atoms with Crippen LogP contribution in [0, 0.1) is 0 Å². The van der Waals surface area contributed by atoms with Crippen LogP contribution < -0.4 is 0 Å². The van der Waals surface area contributed by atoms with E-state index in [0.717, 1.165) is 61.1 Å². The lowest BCUT2D eigenvalue weighted by atomic mass is 10.0. The first-order valence-corrected chi connectivity index (χ1v) is 16.2. The van der Waals surface area contributed by atoms with Crippen molar-refractivity contribution in [1.29, 1.82) is 0 Å². The highest BCUT2D eigenvalue weighted by Crippen LogP contribution is 2.37. The fourth-order valence-electron chi connectivity index (χ4n) is 6.38. The standard InChI is InChI=1S/C43H28N6/c1-4-12-29(13-5-1)32-19-21-40-35(24-32)36-25-33(30-14-6-2-7-15-30)20-22-41(36)49(40)43-45-27-34(28-46-43)38-26-39(37-18-10-11-23-44-37)48-42(47-38)31-16-8-3-9-17-31/h1-28H. The predicted molar refractivity (Wildman–Crippen MR) is 197 cm³/mol. The number of hydrogen-bond donors (Lipinski definition) is 0. The third-order valence-electron chi connectivity index (χ3n) is 8.80. The van der Waals surface area contributed by atoms with Gasteiger partial charge in [-0.25, -0.2) is 19.9 Å². The van der Waals surface area contributed by atoms with Gasteiger partial charge < -0.3 is 0 Å². The molecule has 0 aliphatic heterocycles. The Hall–Kier alpha value is -6.79. The zero-order valence-corrected chi connectivity index (χ0v) is 26.3. The molecule has 0 atom stereocenters. The highest BCUT2D eigenvalue weighted by atomic mass is 15.1. The SMILES string of the molecule is c1ccc(-c2ccc3c(c2)c2cc(-c4ccccc4)ccc2n3-c2ncc(-c3cc(-c4ccccn4)nc(-c4ccccc4)n3)cn2)cc1. The van der Waals surface area contributed by atoms with Crippen molar-refractivity contribution < 1.29 is 0 Å². The minimum atomic E-state index is 0.589. The minimum absolute atomic E-state index is 0.589. The molecule has 0 saturated carbocycles. The van der Waals surface area contributed by atoms with Gasteiger partial charge in [-0.05, 0) is 64.7 Å². The Kier molecular flexibility index (Phi) is 7.02. The van der Waals surface area contributed by atoms with Gasteiger partial charge in [-0.15, -0.1) is 0 Å². The van der Waals surface area contributed by atoms with Crippen LogP contribution in [-0.2, 0) is 0 Å². The van der Waals surface area contributed by atoms with E-state index in [1.54, 1.807) is 6.20 Å². The van der Waals surface area contributed by atoms with Gasteiger partial charge in [0.2, 0.25) is 5.95 Å². The molecular weight excluding hydrogens is 601 g/mol. The molecule has 6 nitrogen and oxygen atoms in total. The van der Waals surface area contributed by atoms with Gasteiger partial charge in [0.05, 0.1) is 28.1 Å². The first kappa shape index (κ1) is 28.4. The summed E-state index contributed by atoms with van der Waals surface area (Å²) in [4.78, 5) is 24.2. The van der Waals surface area contributed by atoms with Gasteiger partial charge in [0.1, 0.15) is 0 Å². The molecule has 230 valence electrons. The monoisotopic (exact) mass is 628 g/mol. The van der Waals surface area contributed by atoms with Crippen LogP contribution in [0.3, 0.4) is 0 Å². The lowest BCUT2D eigenvalue weighted by Gasteiger charge is -2.10. The molecule has 0 spiro atoms. The quantitative estimate of drug-likeness (QED) is 0.183. The van der Waals surface area contributed by atoms with Crippen LogP contribution in [0.2, 0.25) is 0 Å². The van der Waals surface area contributed by atoms with E-state index in [0.29, 0.717) is 11.8 Å². The van der Waals surface area contributed by atoms with Crippen LogP contribution in [0.5, 0.6) is 0 Å². The summed E-state index contributed by atoms with van der Waals surface area (Å²) in [6.45, 7) is 0. The van der Waals surface area contributed by atoms with Gasteiger partial charge in [-0.2, -0.15) is 0 Å². The molecule has 0 unspecified atom stereocenters. The van der Waals surface area contributed by atoms with Crippen LogP contribution in [0.15, 0.2) is 170 Å². The topological polar surface area (TPSA) is 69.4 Å². The third kappa shape index (κ3) is 5.31. The second kappa shape index (κ2) is 12.1. The maximum absolute atomic E-state index is 4.94. The first-order chi connectivity index (χ1) is 24.3. The summed E-state index contributed by atoms with van der Waals surface area (Å²) in [5.74, 6) is 1.21. The van der Waals surface area contributed by atoms with Crippen molar-refractivity contribution in [3.05, 3.63) is 170 Å². The summed E-state index contributed by atoms with van der Waals surface area (Å²) < 4.78 is 2.15. The van der Waals surface area contributed by atoms with E-state index in [4.69, 9.17) is 19.9 Å². The fraction of sp³-hybridized carbons (Fsp3) is 0. The molecule has 0 aliphatic carbocycles. The Morgan fingerprint density at radius 1 is 0.367 bits per heavy atom. The second-order valence-corrected chi connectivity index (χ2v) is 11.8. The zero-order valence-electron chi connectivity index (χ0n) is 26.3. The molecule has 4 heterocycles. The fourth-order valence-corrected chi connectivity index (χ4v) is 6.38. The molecule has 0 bridgehead atoms. The lowest BCUT2D eigenvalue weighted by molar-refractivity contribution is 0.988. The Labute approximate surface area is 283 Å². The van der Waals surface area contributed by atoms with E-state index in [9.17, 15) is 0 Å². The van der Waals surface area contributed by atoms with Crippen molar-refractivity contribution in [2.24, 2.45) is 0 Å². The highest BCUT2D eigenvalue weighted by Gasteiger charge is 2.17. The molecule has 9 rings (SSSR count). The van der Waals surface area contributed by atoms with Gasteiger partial charge >= 0.3 is 0 Å². The number of rotatable bonds is 6. The number of fused-ring (bicyclic) bond motifs is 3. The molecule has 5 aromatic carbocycles. The number of pyridine rings is 1. The second-order valence-electron chi connectivity index (χ2n) is 11.8. The van der Waals surface area contributed by atoms with Gasteiger partial charge in [0.15, 0.2) is 5.82 Å². The summed E-state index contributed by atoms with van der Waals surface area (Å²) in [5.41, 5.74) is 10.7. The maximum atomic E-state index is 4.94. The van der Waals surface area contributed by atoms with Crippen molar-refractivity contribution in [3.8, 4) is 62.2 Å². The molecule has 0 aliphatic rings. The molecule has 0 saturated heterocycles.